The molecule has 19 heavy (non-hydrogen) atoms. The quantitative estimate of drug-likeness (QED) is 0.860. The van der Waals surface area contributed by atoms with Gasteiger partial charge in [-0.1, -0.05) is 50.2 Å². The molecule has 2 nitrogen and oxygen atoms in total. The summed E-state index contributed by atoms with van der Waals surface area (Å²) in [5.41, 5.74) is 0.197. The first-order valence-electron chi connectivity index (χ1n) is 6.94. The van der Waals surface area contributed by atoms with Crippen molar-refractivity contribution in [3.05, 3.63) is 48.0 Å². The molecule has 2 N–H and O–H groups in total. The third-order valence-corrected chi connectivity index (χ3v) is 3.54. The van der Waals surface area contributed by atoms with E-state index < -0.39 is 5.60 Å². The SMILES string of the molecule is CC(C)NCCC(C)(O)c1ccc2ccccc2c1. The van der Waals surface area contributed by atoms with Gasteiger partial charge >= 0.3 is 0 Å². The van der Waals surface area contributed by atoms with Gasteiger partial charge in [0.1, 0.15) is 0 Å². The van der Waals surface area contributed by atoms with E-state index >= 15 is 0 Å². The fourth-order valence-corrected chi connectivity index (χ4v) is 2.27. The Kier molecular flexibility index (Phi) is 4.23. The molecule has 0 saturated heterocycles. The summed E-state index contributed by atoms with van der Waals surface area (Å²) in [6, 6.07) is 14.9. The van der Waals surface area contributed by atoms with E-state index in [1.807, 2.05) is 25.1 Å². The van der Waals surface area contributed by atoms with E-state index in [4.69, 9.17) is 0 Å². The predicted octanol–water partition coefficient (Wildman–Crippen LogP) is 3.44. The molecule has 0 aliphatic heterocycles. The molecule has 1 atom stereocenters. The maximum absolute atomic E-state index is 10.6. The summed E-state index contributed by atoms with van der Waals surface area (Å²) in [7, 11) is 0. The second kappa shape index (κ2) is 5.72. The van der Waals surface area contributed by atoms with Crippen LogP contribution in [-0.4, -0.2) is 17.7 Å². The number of aliphatic hydroxyl groups is 1. The van der Waals surface area contributed by atoms with Gasteiger partial charge in [0, 0.05) is 6.04 Å². The van der Waals surface area contributed by atoms with Crippen molar-refractivity contribution in [3.8, 4) is 0 Å². The van der Waals surface area contributed by atoms with E-state index in [1.165, 1.54) is 10.8 Å². The third kappa shape index (κ3) is 3.55. The van der Waals surface area contributed by atoms with Crippen molar-refractivity contribution >= 4 is 10.8 Å². The van der Waals surface area contributed by atoms with Gasteiger partial charge < -0.3 is 10.4 Å². The summed E-state index contributed by atoms with van der Waals surface area (Å²) >= 11 is 0. The molecule has 0 aliphatic rings. The average Bonchev–Trinajstić information content (AvgIpc) is 2.37. The van der Waals surface area contributed by atoms with Crippen LogP contribution in [0.1, 0.15) is 32.8 Å². The Morgan fingerprint density at radius 1 is 1.11 bits per heavy atom. The molecule has 2 aromatic rings. The maximum Gasteiger partial charge on any atom is 0.0880 e. The highest BCUT2D eigenvalue weighted by Crippen LogP contribution is 2.27. The number of benzene rings is 2. The van der Waals surface area contributed by atoms with Crippen LogP contribution in [0.15, 0.2) is 42.5 Å². The van der Waals surface area contributed by atoms with Crippen LogP contribution in [-0.2, 0) is 5.60 Å². The molecular weight excluding hydrogens is 234 g/mol. The highest BCUT2D eigenvalue weighted by atomic mass is 16.3. The minimum absolute atomic E-state index is 0.451. The van der Waals surface area contributed by atoms with Crippen molar-refractivity contribution in [1.82, 2.24) is 5.32 Å². The first kappa shape index (κ1) is 14.0. The first-order valence-corrected chi connectivity index (χ1v) is 6.94. The smallest absolute Gasteiger partial charge is 0.0880 e. The van der Waals surface area contributed by atoms with Gasteiger partial charge in [-0.05, 0) is 42.3 Å². The Hall–Kier alpha value is -1.38. The van der Waals surface area contributed by atoms with Crippen molar-refractivity contribution in [2.24, 2.45) is 0 Å². The minimum Gasteiger partial charge on any atom is -0.385 e. The number of fused-ring (bicyclic) bond motifs is 1. The van der Waals surface area contributed by atoms with Crippen LogP contribution in [0.3, 0.4) is 0 Å². The molecule has 102 valence electrons. The van der Waals surface area contributed by atoms with E-state index in [1.54, 1.807) is 0 Å². The van der Waals surface area contributed by atoms with E-state index in [-0.39, 0.29) is 0 Å². The van der Waals surface area contributed by atoms with Gasteiger partial charge in [-0.3, -0.25) is 0 Å². The standard InChI is InChI=1S/C17H23NO/c1-13(2)18-11-10-17(3,19)16-9-8-14-6-4-5-7-15(14)12-16/h4-9,12-13,18-19H,10-11H2,1-3H3. The van der Waals surface area contributed by atoms with Crippen LogP contribution >= 0.6 is 0 Å². The summed E-state index contributed by atoms with van der Waals surface area (Å²) < 4.78 is 0. The molecule has 0 spiro atoms. The van der Waals surface area contributed by atoms with Crippen LogP contribution in [0.5, 0.6) is 0 Å². The molecule has 1 unspecified atom stereocenters. The van der Waals surface area contributed by atoms with E-state index in [2.05, 4.69) is 43.4 Å². The topological polar surface area (TPSA) is 32.3 Å². The summed E-state index contributed by atoms with van der Waals surface area (Å²) in [6.45, 7) is 6.94. The number of hydrogen-bond donors (Lipinski definition) is 2. The summed E-state index contributed by atoms with van der Waals surface area (Å²) in [6.07, 6.45) is 0.712. The summed E-state index contributed by atoms with van der Waals surface area (Å²) in [5, 5.41) is 16.4. The van der Waals surface area contributed by atoms with Gasteiger partial charge in [0.25, 0.3) is 0 Å². The van der Waals surface area contributed by atoms with Crippen LogP contribution in [0, 0.1) is 0 Å². The van der Waals surface area contributed by atoms with Crippen LogP contribution in [0.2, 0.25) is 0 Å². The molecule has 0 bridgehead atoms. The lowest BCUT2D eigenvalue weighted by molar-refractivity contribution is 0.0477. The molecule has 0 aromatic heterocycles. The van der Waals surface area contributed by atoms with Gasteiger partial charge in [-0.15, -0.1) is 0 Å². The number of rotatable bonds is 5. The zero-order chi connectivity index (χ0) is 13.9. The Morgan fingerprint density at radius 3 is 2.47 bits per heavy atom. The maximum atomic E-state index is 10.6. The lowest BCUT2D eigenvalue weighted by Crippen LogP contribution is -2.31. The fraction of sp³-hybridized carbons (Fsp3) is 0.412. The molecule has 0 heterocycles. The number of hydrogen-bond acceptors (Lipinski definition) is 2. The largest absolute Gasteiger partial charge is 0.385 e. The van der Waals surface area contributed by atoms with Crippen LogP contribution < -0.4 is 5.32 Å². The average molecular weight is 257 g/mol. The zero-order valence-corrected chi connectivity index (χ0v) is 12.0. The second-order valence-corrected chi connectivity index (χ2v) is 5.69. The lowest BCUT2D eigenvalue weighted by atomic mass is 9.90. The summed E-state index contributed by atoms with van der Waals surface area (Å²) in [4.78, 5) is 0. The Labute approximate surface area is 115 Å². The Balaban J connectivity index is 2.17. The molecule has 2 heteroatoms. The van der Waals surface area contributed by atoms with Crippen LogP contribution in [0.4, 0.5) is 0 Å². The van der Waals surface area contributed by atoms with E-state index in [0.29, 0.717) is 12.5 Å². The monoisotopic (exact) mass is 257 g/mol. The highest BCUT2D eigenvalue weighted by molar-refractivity contribution is 5.83. The Bertz CT molecular complexity index is 546. The van der Waals surface area contributed by atoms with Crippen molar-refractivity contribution in [1.29, 1.82) is 0 Å². The van der Waals surface area contributed by atoms with Gasteiger partial charge in [0.2, 0.25) is 0 Å². The number of nitrogens with one attached hydrogen (secondary N) is 1. The van der Waals surface area contributed by atoms with Crippen molar-refractivity contribution < 1.29 is 5.11 Å². The molecule has 0 amide bonds. The van der Waals surface area contributed by atoms with Gasteiger partial charge in [0.05, 0.1) is 5.60 Å². The molecule has 2 rings (SSSR count). The van der Waals surface area contributed by atoms with Gasteiger partial charge in [-0.25, -0.2) is 0 Å². The highest BCUT2D eigenvalue weighted by Gasteiger charge is 2.22. The predicted molar refractivity (Wildman–Crippen MR) is 81.3 cm³/mol. The Morgan fingerprint density at radius 2 is 1.79 bits per heavy atom. The summed E-state index contributed by atoms with van der Waals surface area (Å²) in [5.74, 6) is 0. The molecule has 0 aliphatic carbocycles. The molecule has 0 fully saturated rings. The molecule has 0 radical (unpaired) electrons. The van der Waals surface area contributed by atoms with Gasteiger partial charge in [-0.2, -0.15) is 0 Å². The first-order chi connectivity index (χ1) is 8.99. The third-order valence-electron chi connectivity index (χ3n) is 3.54. The molecule has 0 saturated carbocycles. The zero-order valence-electron chi connectivity index (χ0n) is 12.0. The minimum atomic E-state index is -0.786. The second-order valence-electron chi connectivity index (χ2n) is 5.69. The molecular formula is C17H23NO. The van der Waals surface area contributed by atoms with Crippen molar-refractivity contribution in [2.45, 2.75) is 38.8 Å². The van der Waals surface area contributed by atoms with Crippen LogP contribution in [0.25, 0.3) is 10.8 Å². The molecule has 2 aromatic carbocycles. The fourth-order valence-electron chi connectivity index (χ4n) is 2.27. The van der Waals surface area contributed by atoms with E-state index in [0.717, 1.165) is 12.1 Å². The normalized spacial score (nSPS) is 14.8. The van der Waals surface area contributed by atoms with E-state index in [9.17, 15) is 5.11 Å². The van der Waals surface area contributed by atoms with Crippen molar-refractivity contribution in [3.63, 3.8) is 0 Å². The van der Waals surface area contributed by atoms with Crippen molar-refractivity contribution in [2.75, 3.05) is 6.54 Å². The van der Waals surface area contributed by atoms with Gasteiger partial charge in [0.15, 0.2) is 0 Å². The lowest BCUT2D eigenvalue weighted by Gasteiger charge is -2.25.